The number of carbonyl (C=O) groups excluding carboxylic acids is 1. The van der Waals surface area contributed by atoms with Gasteiger partial charge in [0.05, 0.1) is 11.5 Å². The van der Waals surface area contributed by atoms with Gasteiger partial charge >= 0.3 is 0 Å². The quantitative estimate of drug-likeness (QED) is 0.878. The number of rotatable bonds is 6. The lowest BCUT2D eigenvalue weighted by molar-refractivity contribution is -0.145. The van der Waals surface area contributed by atoms with E-state index in [0.717, 1.165) is 49.2 Å². The van der Waals surface area contributed by atoms with Crippen LogP contribution in [0.25, 0.3) is 11.0 Å². The summed E-state index contributed by atoms with van der Waals surface area (Å²) in [6.45, 7) is 3.73. The summed E-state index contributed by atoms with van der Waals surface area (Å²) in [5.41, 5.74) is 0.732. The number of nitrogens with zero attached hydrogens (tertiary/aromatic N) is 5. The van der Waals surface area contributed by atoms with Crippen molar-refractivity contribution in [3.05, 3.63) is 18.6 Å². The molecule has 3 heterocycles. The SMILES string of the molecule is CN(CCC[C@@]1(C)CCN1C(=O)CC#N)c1ncnc2[nH]ccc12. The molecule has 0 saturated carbocycles. The lowest BCUT2D eigenvalue weighted by Gasteiger charge is -2.51. The zero-order valence-electron chi connectivity index (χ0n) is 14.1. The molecule has 0 radical (unpaired) electrons. The zero-order chi connectivity index (χ0) is 17.2. The van der Waals surface area contributed by atoms with Gasteiger partial charge in [-0.3, -0.25) is 4.79 Å². The Kier molecular flexibility index (Phi) is 4.38. The fraction of sp³-hybridized carbons (Fsp3) is 0.529. The Balaban J connectivity index is 1.57. The molecule has 2 aromatic heterocycles. The molecule has 3 rings (SSSR count). The Labute approximate surface area is 141 Å². The normalized spacial score (nSPS) is 19.8. The highest BCUT2D eigenvalue weighted by molar-refractivity contribution is 5.87. The summed E-state index contributed by atoms with van der Waals surface area (Å²) in [6, 6.07) is 3.93. The first kappa shape index (κ1) is 16.2. The van der Waals surface area contributed by atoms with E-state index < -0.39 is 0 Å². The summed E-state index contributed by atoms with van der Waals surface area (Å²) in [6.07, 6.45) is 6.30. The molecule has 1 saturated heterocycles. The number of aromatic nitrogens is 3. The second-order valence-corrected chi connectivity index (χ2v) is 6.59. The van der Waals surface area contributed by atoms with E-state index in [0.29, 0.717) is 0 Å². The molecule has 0 aliphatic carbocycles. The van der Waals surface area contributed by atoms with E-state index >= 15 is 0 Å². The highest BCUT2D eigenvalue weighted by Crippen LogP contribution is 2.35. The predicted octanol–water partition coefficient (Wildman–Crippen LogP) is 2.08. The van der Waals surface area contributed by atoms with Gasteiger partial charge in [0, 0.05) is 31.9 Å². The Bertz CT molecular complexity index is 779. The van der Waals surface area contributed by atoms with Crippen molar-refractivity contribution in [1.82, 2.24) is 19.9 Å². The average molecular weight is 326 g/mol. The van der Waals surface area contributed by atoms with E-state index in [-0.39, 0.29) is 17.9 Å². The van der Waals surface area contributed by atoms with Gasteiger partial charge in [0.15, 0.2) is 0 Å². The van der Waals surface area contributed by atoms with E-state index in [1.807, 2.05) is 30.3 Å². The number of nitriles is 1. The molecule has 1 N–H and O–H groups in total. The van der Waals surface area contributed by atoms with Gasteiger partial charge in [0.25, 0.3) is 0 Å². The van der Waals surface area contributed by atoms with Gasteiger partial charge in [-0.1, -0.05) is 0 Å². The van der Waals surface area contributed by atoms with Crippen molar-refractivity contribution in [2.45, 2.75) is 38.1 Å². The molecule has 0 spiro atoms. The maximum atomic E-state index is 11.9. The molecule has 0 unspecified atom stereocenters. The molecule has 7 heteroatoms. The first-order chi connectivity index (χ1) is 11.5. The number of carbonyl (C=O) groups is 1. The number of nitrogens with one attached hydrogen (secondary N) is 1. The molecule has 0 aromatic carbocycles. The zero-order valence-corrected chi connectivity index (χ0v) is 14.1. The minimum Gasteiger partial charge on any atom is -0.359 e. The van der Waals surface area contributed by atoms with Crippen LogP contribution in [0.5, 0.6) is 0 Å². The fourth-order valence-corrected chi connectivity index (χ4v) is 3.42. The molecule has 1 atom stereocenters. The number of amides is 1. The monoisotopic (exact) mass is 326 g/mol. The molecule has 1 aliphatic heterocycles. The molecule has 1 amide bonds. The van der Waals surface area contributed by atoms with Crippen LogP contribution in [0.2, 0.25) is 0 Å². The maximum absolute atomic E-state index is 11.9. The van der Waals surface area contributed by atoms with Gasteiger partial charge in [-0.05, 0) is 32.3 Å². The lowest BCUT2D eigenvalue weighted by atomic mass is 9.82. The Hall–Kier alpha value is -2.62. The number of likely N-dealkylation sites (tertiary alicyclic amines) is 1. The van der Waals surface area contributed by atoms with Gasteiger partial charge in [-0.15, -0.1) is 0 Å². The van der Waals surface area contributed by atoms with Crippen molar-refractivity contribution < 1.29 is 4.79 Å². The van der Waals surface area contributed by atoms with E-state index in [2.05, 4.69) is 26.8 Å². The van der Waals surface area contributed by atoms with Gasteiger partial charge in [0.2, 0.25) is 5.91 Å². The van der Waals surface area contributed by atoms with Gasteiger partial charge in [0.1, 0.15) is 24.2 Å². The van der Waals surface area contributed by atoms with Crippen molar-refractivity contribution in [3.8, 4) is 6.07 Å². The minimum atomic E-state index is -0.107. The molecular formula is C17H22N6O. The average Bonchev–Trinajstić information content (AvgIpc) is 3.02. The number of hydrogen-bond acceptors (Lipinski definition) is 5. The third-order valence-electron chi connectivity index (χ3n) is 4.96. The standard InChI is InChI=1S/C17H22N6O/c1-17(7-11-23(17)14(24)4-8-18)6-3-10-22(2)16-13-5-9-19-15(13)20-12-21-16/h5,9,12H,3-4,6-7,10-11H2,1-2H3,(H,19,20,21)/t17-/m0/s1. The second-order valence-electron chi connectivity index (χ2n) is 6.59. The smallest absolute Gasteiger partial charge is 0.237 e. The van der Waals surface area contributed by atoms with Crippen LogP contribution >= 0.6 is 0 Å². The van der Waals surface area contributed by atoms with Crippen LogP contribution in [0.1, 0.15) is 32.6 Å². The summed E-state index contributed by atoms with van der Waals surface area (Å²) in [4.78, 5) is 27.6. The highest BCUT2D eigenvalue weighted by Gasteiger charge is 2.42. The predicted molar refractivity (Wildman–Crippen MR) is 91.4 cm³/mol. The molecule has 2 aromatic rings. The summed E-state index contributed by atoms with van der Waals surface area (Å²) in [7, 11) is 2.02. The number of hydrogen-bond donors (Lipinski definition) is 1. The highest BCUT2D eigenvalue weighted by atomic mass is 16.2. The molecule has 126 valence electrons. The van der Waals surface area contributed by atoms with Crippen molar-refractivity contribution >= 4 is 22.8 Å². The van der Waals surface area contributed by atoms with Crippen LogP contribution in [-0.4, -0.2) is 51.4 Å². The minimum absolute atomic E-state index is 0.0259. The fourth-order valence-electron chi connectivity index (χ4n) is 3.42. The Morgan fingerprint density at radius 3 is 3.08 bits per heavy atom. The van der Waals surface area contributed by atoms with Crippen LogP contribution < -0.4 is 4.90 Å². The van der Waals surface area contributed by atoms with Crippen LogP contribution in [0.15, 0.2) is 18.6 Å². The number of anilines is 1. The Morgan fingerprint density at radius 2 is 2.38 bits per heavy atom. The van der Waals surface area contributed by atoms with E-state index in [1.165, 1.54) is 0 Å². The number of fused-ring (bicyclic) bond motifs is 1. The molecule has 24 heavy (non-hydrogen) atoms. The van der Waals surface area contributed by atoms with Crippen molar-refractivity contribution in [2.24, 2.45) is 0 Å². The maximum Gasteiger partial charge on any atom is 0.237 e. The topological polar surface area (TPSA) is 88.9 Å². The van der Waals surface area contributed by atoms with E-state index in [9.17, 15) is 4.79 Å². The summed E-state index contributed by atoms with van der Waals surface area (Å²) >= 11 is 0. The number of H-pyrrole nitrogens is 1. The second kappa shape index (κ2) is 6.48. The molecule has 7 nitrogen and oxygen atoms in total. The van der Waals surface area contributed by atoms with Crippen molar-refractivity contribution in [3.63, 3.8) is 0 Å². The third kappa shape index (κ3) is 2.92. The number of aromatic amines is 1. The summed E-state index contributed by atoms with van der Waals surface area (Å²) in [5.74, 6) is 0.863. The van der Waals surface area contributed by atoms with Crippen molar-refractivity contribution in [2.75, 3.05) is 25.0 Å². The third-order valence-corrected chi connectivity index (χ3v) is 4.96. The lowest BCUT2D eigenvalue weighted by Crippen LogP contribution is -2.60. The van der Waals surface area contributed by atoms with Gasteiger partial charge in [-0.25, -0.2) is 9.97 Å². The first-order valence-electron chi connectivity index (χ1n) is 8.22. The molecule has 1 aliphatic rings. The van der Waals surface area contributed by atoms with E-state index in [1.54, 1.807) is 6.33 Å². The summed E-state index contributed by atoms with van der Waals surface area (Å²) in [5, 5.41) is 9.71. The van der Waals surface area contributed by atoms with Crippen LogP contribution in [0.3, 0.4) is 0 Å². The Morgan fingerprint density at radius 1 is 1.54 bits per heavy atom. The van der Waals surface area contributed by atoms with Gasteiger partial charge in [-0.2, -0.15) is 5.26 Å². The first-order valence-corrected chi connectivity index (χ1v) is 8.22. The van der Waals surface area contributed by atoms with Crippen LogP contribution in [-0.2, 0) is 4.79 Å². The molecule has 0 bridgehead atoms. The molecule has 1 fully saturated rings. The van der Waals surface area contributed by atoms with Gasteiger partial charge < -0.3 is 14.8 Å². The molecular weight excluding hydrogens is 304 g/mol. The summed E-state index contributed by atoms with van der Waals surface area (Å²) < 4.78 is 0. The van der Waals surface area contributed by atoms with Crippen LogP contribution in [0, 0.1) is 11.3 Å². The largest absolute Gasteiger partial charge is 0.359 e. The van der Waals surface area contributed by atoms with Crippen LogP contribution in [0.4, 0.5) is 5.82 Å². The van der Waals surface area contributed by atoms with Crippen molar-refractivity contribution in [1.29, 1.82) is 5.26 Å². The van der Waals surface area contributed by atoms with E-state index in [4.69, 9.17) is 5.26 Å².